The van der Waals surface area contributed by atoms with E-state index in [1.165, 1.54) is 17.4 Å². The standard InChI is InChI=1S/C28H47N5O7.C3H8.3C2H6/c1-10-12-18(21(35)24(37)29-13-11-2)31-23(36)19-14-17(3)16-33(19)25(38)22(27(4,5)6)32-26(39)30-15-20(34)40-28(7,8)9;1-3-2;3*1-2/h11,17-19,22H,2,10,12-16H2,1,3-9H3,(H,29,37)(H,31,36)(H2,30,32,39);3H2,1-2H3;3*1-2H3. The molecule has 288 valence electrons. The predicted octanol–water partition coefficient (Wildman–Crippen LogP) is 5.93. The van der Waals surface area contributed by atoms with Gasteiger partial charge in [-0.1, -0.05) is 109 Å². The van der Waals surface area contributed by atoms with Gasteiger partial charge in [-0.3, -0.25) is 24.0 Å². The van der Waals surface area contributed by atoms with Crippen LogP contribution in [-0.4, -0.2) is 83.8 Å². The monoisotopic (exact) mass is 700 g/mol. The second-order valence-electron chi connectivity index (χ2n) is 13.0. The summed E-state index contributed by atoms with van der Waals surface area (Å²) in [4.78, 5) is 78.1. The van der Waals surface area contributed by atoms with Crippen LogP contribution in [0.15, 0.2) is 12.7 Å². The third-order valence-electron chi connectivity index (χ3n) is 6.14. The molecule has 1 aliphatic rings. The average Bonchev–Trinajstić information content (AvgIpc) is 3.44. The zero-order valence-electron chi connectivity index (χ0n) is 33.8. The molecule has 49 heavy (non-hydrogen) atoms. The summed E-state index contributed by atoms with van der Waals surface area (Å²) >= 11 is 0. The maximum absolute atomic E-state index is 13.8. The average molecular weight is 700 g/mol. The Bertz CT molecular complexity index is 987. The number of nitrogens with one attached hydrogen (secondary N) is 4. The van der Waals surface area contributed by atoms with E-state index in [-0.39, 0.29) is 32.0 Å². The lowest BCUT2D eigenvalue weighted by Gasteiger charge is -2.35. The number of hydrogen-bond acceptors (Lipinski definition) is 7. The van der Waals surface area contributed by atoms with Crippen LogP contribution >= 0.6 is 0 Å². The molecule has 0 aromatic heterocycles. The predicted molar refractivity (Wildman–Crippen MR) is 200 cm³/mol. The topological polar surface area (TPSA) is 163 Å². The van der Waals surface area contributed by atoms with E-state index in [1.807, 2.05) is 55.4 Å². The second kappa shape index (κ2) is 28.4. The van der Waals surface area contributed by atoms with E-state index >= 15 is 0 Å². The molecule has 0 saturated carbocycles. The van der Waals surface area contributed by atoms with E-state index in [0.717, 1.165) is 0 Å². The summed E-state index contributed by atoms with van der Waals surface area (Å²) < 4.78 is 5.19. The Morgan fingerprint density at radius 3 is 1.82 bits per heavy atom. The molecular weight excluding hydrogens is 626 g/mol. The smallest absolute Gasteiger partial charge is 0.325 e. The third kappa shape index (κ3) is 22.8. The van der Waals surface area contributed by atoms with Gasteiger partial charge in [-0.15, -0.1) is 6.58 Å². The highest BCUT2D eigenvalue weighted by molar-refractivity contribution is 6.38. The summed E-state index contributed by atoms with van der Waals surface area (Å²) in [6.45, 7) is 33.9. The lowest BCUT2D eigenvalue weighted by Crippen LogP contribution is -2.60. The fraction of sp³-hybridized carbons (Fsp3) is 0.784. The van der Waals surface area contributed by atoms with E-state index < -0.39 is 64.6 Å². The third-order valence-corrected chi connectivity index (χ3v) is 6.14. The van der Waals surface area contributed by atoms with Gasteiger partial charge in [0.1, 0.15) is 24.2 Å². The Morgan fingerprint density at radius 1 is 0.878 bits per heavy atom. The first kappa shape index (κ1) is 52.4. The van der Waals surface area contributed by atoms with Crippen LogP contribution < -0.4 is 21.3 Å². The summed E-state index contributed by atoms with van der Waals surface area (Å²) in [5, 5.41) is 10.2. The Morgan fingerprint density at radius 2 is 1.39 bits per heavy atom. The molecule has 1 saturated heterocycles. The fourth-order valence-corrected chi connectivity index (χ4v) is 4.30. The first-order chi connectivity index (χ1) is 22.8. The number of hydrogen-bond donors (Lipinski definition) is 4. The lowest BCUT2D eigenvalue weighted by atomic mass is 9.85. The van der Waals surface area contributed by atoms with Crippen LogP contribution in [0.2, 0.25) is 0 Å². The molecule has 0 spiro atoms. The largest absolute Gasteiger partial charge is 0.459 e. The van der Waals surface area contributed by atoms with Crippen LogP contribution in [-0.2, 0) is 28.7 Å². The van der Waals surface area contributed by atoms with Gasteiger partial charge in [0.15, 0.2) is 0 Å². The molecule has 0 radical (unpaired) electrons. The van der Waals surface area contributed by atoms with Gasteiger partial charge in [-0.25, -0.2) is 4.79 Å². The summed E-state index contributed by atoms with van der Waals surface area (Å²) in [5.74, 6) is -3.23. The van der Waals surface area contributed by atoms with E-state index in [4.69, 9.17) is 4.74 Å². The molecule has 0 aromatic rings. The number of amides is 5. The molecule has 1 rings (SSSR count). The normalized spacial score (nSPS) is 16.0. The Hall–Kier alpha value is -3.44. The van der Waals surface area contributed by atoms with Gasteiger partial charge < -0.3 is 30.9 Å². The van der Waals surface area contributed by atoms with Gasteiger partial charge in [0, 0.05) is 13.1 Å². The number of carbonyl (C=O) groups is 6. The van der Waals surface area contributed by atoms with Crippen LogP contribution in [0.3, 0.4) is 0 Å². The molecule has 12 heteroatoms. The number of ketones is 1. The van der Waals surface area contributed by atoms with Gasteiger partial charge >= 0.3 is 12.0 Å². The van der Waals surface area contributed by atoms with Crippen molar-refractivity contribution in [1.29, 1.82) is 0 Å². The van der Waals surface area contributed by atoms with E-state index in [9.17, 15) is 28.8 Å². The Labute approximate surface area is 298 Å². The molecule has 1 heterocycles. The molecule has 4 N–H and O–H groups in total. The van der Waals surface area contributed by atoms with Crippen molar-refractivity contribution in [3.8, 4) is 0 Å². The number of rotatable bonds is 12. The van der Waals surface area contributed by atoms with Crippen molar-refractivity contribution >= 4 is 35.5 Å². The molecular formula is C37H73N5O7. The van der Waals surface area contributed by atoms with Crippen molar-refractivity contribution in [3.63, 3.8) is 0 Å². The minimum atomic E-state index is -1.04. The van der Waals surface area contributed by atoms with E-state index in [1.54, 1.807) is 41.5 Å². The summed E-state index contributed by atoms with van der Waals surface area (Å²) in [7, 11) is 0. The minimum Gasteiger partial charge on any atom is -0.459 e. The van der Waals surface area contributed by atoms with Crippen molar-refractivity contribution in [2.45, 2.75) is 160 Å². The van der Waals surface area contributed by atoms with Crippen LogP contribution in [0.25, 0.3) is 0 Å². The molecule has 0 aromatic carbocycles. The van der Waals surface area contributed by atoms with Gasteiger partial charge in [0.25, 0.3) is 5.91 Å². The van der Waals surface area contributed by atoms with Crippen molar-refractivity contribution < 1.29 is 33.5 Å². The number of likely N-dealkylation sites (tertiary alicyclic amines) is 1. The highest BCUT2D eigenvalue weighted by atomic mass is 16.6. The Kier molecular flexibility index (Phi) is 30.4. The van der Waals surface area contributed by atoms with Gasteiger partial charge in [-0.2, -0.15) is 0 Å². The van der Waals surface area contributed by atoms with Crippen LogP contribution in [0.1, 0.15) is 136 Å². The molecule has 4 atom stereocenters. The minimum absolute atomic E-state index is 0.0162. The highest BCUT2D eigenvalue weighted by Gasteiger charge is 2.44. The maximum Gasteiger partial charge on any atom is 0.325 e. The molecule has 5 amide bonds. The van der Waals surface area contributed by atoms with Crippen molar-refractivity contribution in [2.75, 3.05) is 19.6 Å². The quantitative estimate of drug-likeness (QED) is 0.111. The summed E-state index contributed by atoms with van der Waals surface area (Å²) in [6, 6.07) is -3.68. The first-order valence-corrected chi connectivity index (χ1v) is 18.1. The fourth-order valence-electron chi connectivity index (χ4n) is 4.30. The number of Topliss-reactive ketones (excluding diaryl/α,β-unsaturated/α-hetero) is 1. The van der Waals surface area contributed by atoms with Crippen molar-refractivity contribution in [3.05, 3.63) is 12.7 Å². The Balaban J connectivity index is -0.00000102. The molecule has 0 aliphatic carbocycles. The zero-order valence-corrected chi connectivity index (χ0v) is 33.8. The van der Waals surface area contributed by atoms with E-state index in [2.05, 4.69) is 41.7 Å². The SMILES string of the molecule is C=CCNC(=O)C(=O)C(CCC)NC(=O)C1CC(C)CN1C(=O)C(NC(=O)NCC(=O)OC(C)(C)C)C(C)(C)C.CC.CC.CC.CCC. The zero-order chi connectivity index (χ0) is 39.5. The molecule has 0 bridgehead atoms. The van der Waals surface area contributed by atoms with Crippen LogP contribution in [0.5, 0.6) is 0 Å². The second-order valence-corrected chi connectivity index (χ2v) is 13.0. The molecule has 12 nitrogen and oxygen atoms in total. The lowest BCUT2D eigenvalue weighted by molar-refractivity contribution is -0.153. The number of ether oxygens (including phenoxy) is 1. The van der Waals surface area contributed by atoms with E-state index in [0.29, 0.717) is 12.8 Å². The van der Waals surface area contributed by atoms with Crippen molar-refractivity contribution in [2.24, 2.45) is 11.3 Å². The summed E-state index contributed by atoms with van der Waals surface area (Å²) in [6.07, 6.45) is 3.85. The van der Waals surface area contributed by atoms with Gasteiger partial charge in [0.2, 0.25) is 17.6 Å². The summed E-state index contributed by atoms with van der Waals surface area (Å²) in [5.41, 5.74) is -1.45. The van der Waals surface area contributed by atoms with Gasteiger partial charge in [-0.05, 0) is 44.9 Å². The number of urea groups is 1. The first-order valence-electron chi connectivity index (χ1n) is 18.1. The van der Waals surface area contributed by atoms with Crippen LogP contribution in [0, 0.1) is 11.3 Å². The number of esters is 1. The number of carbonyl (C=O) groups excluding carboxylic acids is 6. The molecule has 4 unspecified atom stereocenters. The molecule has 1 fully saturated rings. The molecule has 1 aliphatic heterocycles. The maximum atomic E-state index is 13.8. The van der Waals surface area contributed by atoms with Gasteiger partial charge in [0.05, 0.1) is 6.04 Å². The highest BCUT2D eigenvalue weighted by Crippen LogP contribution is 2.28. The van der Waals surface area contributed by atoms with Crippen molar-refractivity contribution in [1.82, 2.24) is 26.2 Å². The van der Waals surface area contributed by atoms with Crippen LogP contribution in [0.4, 0.5) is 4.79 Å². The number of nitrogens with zero attached hydrogens (tertiary/aromatic N) is 1.